The van der Waals surface area contributed by atoms with Gasteiger partial charge in [0.1, 0.15) is 6.26 Å². The second-order valence-corrected chi connectivity index (χ2v) is 8.39. The van der Waals surface area contributed by atoms with Gasteiger partial charge in [0.2, 0.25) is 0 Å². The van der Waals surface area contributed by atoms with Gasteiger partial charge in [-0.25, -0.2) is 4.79 Å². The van der Waals surface area contributed by atoms with E-state index in [1.165, 1.54) is 44.0 Å². The van der Waals surface area contributed by atoms with Gasteiger partial charge in [-0.05, 0) is 69.5 Å². The van der Waals surface area contributed by atoms with Gasteiger partial charge in [0.25, 0.3) is 5.91 Å². The molecule has 33 heavy (non-hydrogen) atoms. The largest absolute Gasteiger partial charge is 0.490 e. The van der Waals surface area contributed by atoms with Gasteiger partial charge >= 0.3 is 12.1 Å². The van der Waals surface area contributed by atoms with Gasteiger partial charge in [-0.3, -0.25) is 9.69 Å². The van der Waals surface area contributed by atoms with E-state index in [-0.39, 0.29) is 5.91 Å². The molecule has 2 aliphatic rings. The summed E-state index contributed by atoms with van der Waals surface area (Å²) in [6.45, 7) is 7.86. The number of carboxylic acids is 1. The van der Waals surface area contributed by atoms with Crippen LogP contribution in [0.25, 0.3) is 0 Å². The van der Waals surface area contributed by atoms with Crippen LogP contribution in [0.3, 0.4) is 0 Å². The van der Waals surface area contributed by atoms with Crippen LogP contribution in [0.1, 0.15) is 42.1 Å². The van der Waals surface area contributed by atoms with Crippen LogP contribution in [-0.2, 0) is 4.79 Å². The highest BCUT2D eigenvalue weighted by atomic mass is 19.4. The van der Waals surface area contributed by atoms with Crippen molar-refractivity contribution in [2.24, 2.45) is 0 Å². The Kier molecular flexibility index (Phi) is 7.68. The number of likely N-dealkylation sites (tertiary alicyclic amines) is 1. The summed E-state index contributed by atoms with van der Waals surface area (Å²) in [5.74, 6) is -2.90. The van der Waals surface area contributed by atoms with Crippen LogP contribution in [0.4, 0.5) is 24.5 Å². The molecular weight excluding hydrogens is 439 g/mol. The number of hydrogen-bond acceptors (Lipinski definition) is 5. The zero-order valence-corrected chi connectivity index (χ0v) is 18.6. The molecule has 10 heteroatoms. The topological polar surface area (TPSA) is 86.0 Å². The fourth-order valence-electron chi connectivity index (χ4n) is 4.32. The lowest BCUT2D eigenvalue weighted by Crippen LogP contribution is -2.39. The van der Waals surface area contributed by atoms with Gasteiger partial charge in [-0.2, -0.15) is 13.2 Å². The summed E-state index contributed by atoms with van der Waals surface area (Å²) < 4.78 is 36.7. The van der Waals surface area contributed by atoms with Crippen molar-refractivity contribution in [2.45, 2.75) is 51.4 Å². The Morgan fingerprint density at radius 1 is 1.18 bits per heavy atom. The maximum Gasteiger partial charge on any atom is 0.490 e. The number of carbonyl (C=O) groups is 2. The molecule has 7 nitrogen and oxygen atoms in total. The molecular formula is C23H28F3N3O4. The number of rotatable bonds is 4. The summed E-state index contributed by atoms with van der Waals surface area (Å²) in [7, 11) is 0. The molecule has 0 radical (unpaired) electrons. The Hall–Kier alpha value is -3.01. The maximum absolute atomic E-state index is 12.2. The number of nitrogens with one attached hydrogen (secondary N) is 1. The fraction of sp³-hybridized carbons (Fsp3) is 0.478. The second kappa shape index (κ2) is 10.3. The zero-order valence-electron chi connectivity index (χ0n) is 18.6. The number of nitrogens with zero attached hydrogens (tertiary/aromatic N) is 2. The van der Waals surface area contributed by atoms with Crippen LogP contribution in [-0.4, -0.2) is 59.8 Å². The number of carbonyl (C=O) groups excluding carboxylic acids is 1. The molecule has 2 N–H and O–H groups in total. The lowest BCUT2D eigenvalue weighted by molar-refractivity contribution is -0.192. The highest BCUT2D eigenvalue weighted by Crippen LogP contribution is 2.30. The molecule has 0 spiro atoms. The van der Waals surface area contributed by atoms with E-state index in [0.29, 0.717) is 11.6 Å². The molecule has 180 valence electrons. The van der Waals surface area contributed by atoms with Crippen LogP contribution in [0.15, 0.2) is 41.2 Å². The summed E-state index contributed by atoms with van der Waals surface area (Å²) >= 11 is 0. The predicted molar refractivity (Wildman–Crippen MR) is 118 cm³/mol. The van der Waals surface area contributed by atoms with Gasteiger partial charge in [0.05, 0.1) is 11.8 Å². The van der Waals surface area contributed by atoms with Crippen molar-refractivity contribution >= 4 is 23.3 Å². The number of benzene rings is 1. The van der Waals surface area contributed by atoms with Gasteiger partial charge in [0.15, 0.2) is 0 Å². The number of furan rings is 1. The molecule has 0 unspecified atom stereocenters. The predicted octanol–water partition coefficient (Wildman–Crippen LogP) is 4.54. The molecule has 3 heterocycles. The lowest BCUT2D eigenvalue weighted by Gasteiger charge is -2.28. The Balaban J connectivity index is 0.000000383. The molecule has 1 aromatic carbocycles. The smallest absolute Gasteiger partial charge is 0.475 e. The van der Waals surface area contributed by atoms with Crippen molar-refractivity contribution in [2.75, 3.05) is 29.9 Å². The standard InChI is InChI=1S/C21H27N3O2.C2HF3O2/c1-15-12-18(5-6-20(15)22-21(25)17-8-11-26-14-17)23-10-7-19(13-23)24-9-3-4-16(24)2;3-2(4,5)1(6)7/h5-6,8,11-12,14,16,19H,3-4,7,9-10,13H2,1-2H3,(H,22,25);(H,6,7)/t16-,19+;/m0./s1. The van der Waals surface area contributed by atoms with E-state index < -0.39 is 12.1 Å². The summed E-state index contributed by atoms with van der Waals surface area (Å²) in [4.78, 5) is 26.3. The lowest BCUT2D eigenvalue weighted by atomic mass is 10.1. The molecule has 2 fully saturated rings. The third kappa shape index (κ3) is 6.28. The molecule has 2 saturated heterocycles. The minimum absolute atomic E-state index is 0.140. The van der Waals surface area contributed by atoms with Crippen molar-refractivity contribution in [3.8, 4) is 0 Å². The second-order valence-electron chi connectivity index (χ2n) is 8.39. The van der Waals surface area contributed by atoms with Crippen LogP contribution < -0.4 is 10.2 Å². The first kappa shape index (κ1) is 24.6. The molecule has 0 saturated carbocycles. The average molecular weight is 467 g/mol. The summed E-state index contributed by atoms with van der Waals surface area (Å²) in [6.07, 6.45) is 1.80. The van der Waals surface area contributed by atoms with E-state index in [9.17, 15) is 18.0 Å². The van der Waals surface area contributed by atoms with E-state index in [0.717, 1.165) is 30.4 Å². The summed E-state index contributed by atoms with van der Waals surface area (Å²) in [5, 5.41) is 10.1. The van der Waals surface area contributed by atoms with Crippen molar-refractivity contribution in [1.29, 1.82) is 0 Å². The van der Waals surface area contributed by atoms with E-state index in [2.05, 4.69) is 34.2 Å². The molecule has 1 aromatic heterocycles. The number of amides is 1. The van der Waals surface area contributed by atoms with Crippen molar-refractivity contribution in [3.63, 3.8) is 0 Å². The van der Waals surface area contributed by atoms with Crippen LogP contribution in [0.5, 0.6) is 0 Å². The van der Waals surface area contributed by atoms with E-state index in [1.54, 1.807) is 6.07 Å². The molecule has 2 aromatic rings. The Morgan fingerprint density at radius 3 is 2.45 bits per heavy atom. The minimum Gasteiger partial charge on any atom is -0.475 e. The quantitative estimate of drug-likeness (QED) is 0.687. The maximum atomic E-state index is 12.2. The third-order valence-electron chi connectivity index (χ3n) is 6.09. The molecule has 4 rings (SSSR count). The van der Waals surface area contributed by atoms with Crippen LogP contribution in [0, 0.1) is 6.92 Å². The number of alkyl halides is 3. The average Bonchev–Trinajstić information content (AvgIpc) is 3.50. The van der Waals surface area contributed by atoms with Gasteiger partial charge < -0.3 is 19.7 Å². The number of anilines is 2. The zero-order chi connectivity index (χ0) is 24.2. The Labute approximate surface area is 190 Å². The molecule has 1 amide bonds. The molecule has 2 atom stereocenters. The number of aliphatic carboxylic acids is 1. The van der Waals surface area contributed by atoms with Crippen molar-refractivity contribution in [3.05, 3.63) is 47.9 Å². The van der Waals surface area contributed by atoms with Crippen LogP contribution >= 0.6 is 0 Å². The summed E-state index contributed by atoms with van der Waals surface area (Å²) in [6, 6.07) is 9.38. The fourth-order valence-corrected chi connectivity index (χ4v) is 4.32. The first-order chi connectivity index (χ1) is 15.6. The highest BCUT2D eigenvalue weighted by Gasteiger charge is 2.38. The molecule has 0 aliphatic carbocycles. The first-order valence-electron chi connectivity index (χ1n) is 10.8. The minimum atomic E-state index is -5.08. The van der Waals surface area contributed by atoms with Gasteiger partial charge in [-0.1, -0.05) is 0 Å². The van der Waals surface area contributed by atoms with Gasteiger partial charge in [0, 0.05) is 36.5 Å². The van der Waals surface area contributed by atoms with E-state index in [4.69, 9.17) is 14.3 Å². The normalized spacial score (nSPS) is 20.9. The number of aryl methyl sites for hydroxylation is 1. The van der Waals surface area contributed by atoms with Gasteiger partial charge in [-0.15, -0.1) is 0 Å². The SMILES string of the molecule is Cc1cc(N2CC[C@@H](N3CCC[C@@H]3C)C2)ccc1NC(=O)c1ccoc1.O=C(O)C(F)(F)F. The molecule has 0 bridgehead atoms. The highest BCUT2D eigenvalue weighted by molar-refractivity contribution is 6.04. The monoisotopic (exact) mass is 467 g/mol. The van der Waals surface area contributed by atoms with Crippen molar-refractivity contribution < 1.29 is 32.3 Å². The van der Waals surface area contributed by atoms with Crippen LogP contribution in [0.2, 0.25) is 0 Å². The number of carboxylic acid groups (broad SMARTS) is 1. The van der Waals surface area contributed by atoms with Crippen molar-refractivity contribution in [1.82, 2.24) is 4.90 Å². The number of hydrogen-bond donors (Lipinski definition) is 2. The third-order valence-corrected chi connectivity index (χ3v) is 6.09. The summed E-state index contributed by atoms with van der Waals surface area (Å²) in [5.41, 5.74) is 3.72. The van der Waals surface area contributed by atoms with E-state index >= 15 is 0 Å². The first-order valence-corrected chi connectivity index (χ1v) is 10.8. The van der Waals surface area contributed by atoms with E-state index in [1.807, 2.05) is 13.0 Å². The Bertz CT molecular complexity index is 962. The Morgan fingerprint density at radius 2 is 1.91 bits per heavy atom. The number of halogens is 3. The molecule has 2 aliphatic heterocycles.